The largest absolute Gasteiger partial charge is 0.381 e. The molecule has 0 saturated carbocycles. The van der Waals surface area contributed by atoms with E-state index >= 15 is 0 Å². The standard InChI is InChI=1S/C9H12BrNO5S/c1-7-4-8(5-11-9(7)6-15-12)16-17(13,14)3-2-10/h4-5,12H,2-3,6H2,1H3. The van der Waals surface area contributed by atoms with Gasteiger partial charge in [0.2, 0.25) is 0 Å². The highest BCUT2D eigenvalue weighted by Gasteiger charge is 2.13. The number of nitrogens with zero attached hydrogens (tertiary/aromatic N) is 1. The minimum absolute atomic E-state index is 0.0553. The topological polar surface area (TPSA) is 85.7 Å². The predicted octanol–water partition coefficient (Wildman–Crippen LogP) is 1.48. The lowest BCUT2D eigenvalue weighted by atomic mass is 10.2. The maximum Gasteiger partial charge on any atom is 0.310 e. The van der Waals surface area contributed by atoms with Crippen LogP contribution in [0.15, 0.2) is 12.3 Å². The monoisotopic (exact) mass is 325 g/mol. The van der Waals surface area contributed by atoms with Crippen molar-refractivity contribution in [2.24, 2.45) is 0 Å². The highest BCUT2D eigenvalue weighted by molar-refractivity contribution is 9.09. The Morgan fingerprint density at radius 3 is 2.76 bits per heavy atom. The second-order valence-corrected chi connectivity index (χ2v) is 5.73. The number of hydrogen-bond donors (Lipinski definition) is 1. The third-order valence-electron chi connectivity index (χ3n) is 1.91. The van der Waals surface area contributed by atoms with Crippen LogP contribution in [-0.2, 0) is 21.6 Å². The van der Waals surface area contributed by atoms with Gasteiger partial charge < -0.3 is 4.18 Å². The lowest BCUT2D eigenvalue weighted by Gasteiger charge is -2.08. The first-order valence-corrected chi connectivity index (χ1v) is 7.38. The summed E-state index contributed by atoms with van der Waals surface area (Å²) in [6.45, 7) is 1.66. The molecule has 0 fully saturated rings. The summed E-state index contributed by atoms with van der Waals surface area (Å²) in [4.78, 5) is 7.89. The molecule has 0 atom stereocenters. The molecule has 8 heteroatoms. The Hall–Kier alpha value is -0.700. The van der Waals surface area contributed by atoms with Crippen LogP contribution in [0.2, 0.25) is 0 Å². The number of aryl methyl sites for hydroxylation is 1. The molecule has 0 amide bonds. The van der Waals surface area contributed by atoms with Crippen molar-refractivity contribution < 1.29 is 22.7 Å². The van der Waals surface area contributed by atoms with E-state index in [0.717, 1.165) is 0 Å². The lowest BCUT2D eigenvalue weighted by Crippen LogP contribution is -2.15. The van der Waals surface area contributed by atoms with Crippen LogP contribution in [0.4, 0.5) is 0 Å². The van der Waals surface area contributed by atoms with E-state index < -0.39 is 10.1 Å². The van der Waals surface area contributed by atoms with Crippen molar-refractivity contribution in [2.75, 3.05) is 11.1 Å². The Morgan fingerprint density at radius 2 is 2.24 bits per heavy atom. The first kappa shape index (κ1) is 14.4. The Morgan fingerprint density at radius 1 is 1.53 bits per heavy atom. The molecule has 0 spiro atoms. The lowest BCUT2D eigenvalue weighted by molar-refractivity contribution is -0.253. The highest BCUT2D eigenvalue weighted by atomic mass is 79.9. The molecular weight excluding hydrogens is 314 g/mol. The van der Waals surface area contributed by atoms with Crippen LogP contribution in [0.25, 0.3) is 0 Å². The molecule has 0 radical (unpaired) electrons. The number of halogens is 1. The van der Waals surface area contributed by atoms with Crippen molar-refractivity contribution in [3.63, 3.8) is 0 Å². The zero-order valence-corrected chi connectivity index (χ0v) is 11.5. The van der Waals surface area contributed by atoms with Gasteiger partial charge in [-0.3, -0.25) is 10.2 Å². The minimum atomic E-state index is -3.59. The first-order valence-electron chi connectivity index (χ1n) is 4.68. The number of aromatic nitrogens is 1. The number of hydrogen-bond acceptors (Lipinski definition) is 6. The van der Waals surface area contributed by atoms with E-state index in [4.69, 9.17) is 9.44 Å². The fourth-order valence-corrected chi connectivity index (χ4v) is 2.96. The molecule has 0 aliphatic carbocycles. The molecule has 0 aromatic carbocycles. The average molecular weight is 326 g/mol. The van der Waals surface area contributed by atoms with Gasteiger partial charge in [-0.05, 0) is 18.6 Å². The third-order valence-corrected chi connectivity index (χ3v) is 3.99. The van der Waals surface area contributed by atoms with E-state index in [9.17, 15) is 8.42 Å². The van der Waals surface area contributed by atoms with Crippen molar-refractivity contribution in [1.82, 2.24) is 4.98 Å². The number of rotatable bonds is 6. The molecule has 1 N–H and O–H groups in total. The van der Waals surface area contributed by atoms with Gasteiger partial charge in [-0.1, -0.05) is 15.9 Å². The van der Waals surface area contributed by atoms with Gasteiger partial charge in [0.05, 0.1) is 17.6 Å². The van der Waals surface area contributed by atoms with Crippen LogP contribution in [0, 0.1) is 6.92 Å². The maximum absolute atomic E-state index is 11.4. The van der Waals surface area contributed by atoms with Crippen LogP contribution in [0.5, 0.6) is 5.75 Å². The van der Waals surface area contributed by atoms with E-state index in [1.165, 1.54) is 12.3 Å². The molecule has 1 aromatic rings. The summed E-state index contributed by atoms with van der Waals surface area (Å²) in [6, 6.07) is 1.52. The summed E-state index contributed by atoms with van der Waals surface area (Å²) >= 11 is 3.03. The average Bonchev–Trinajstić information content (AvgIpc) is 2.21. The van der Waals surface area contributed by atoms with Crippen molar-refractivity contribution in [2.45, 2.75) is 13.5 Å². The number of alkyl halides is 1. The van der Waals surface area contributed by atoms with Crippen molar-refractivity contribution in [3.8, 4) is 5.75 Å². The molecule has 0 bridgehead atoms. The van der Waals surface area contributed by atoms with Crippen LogP contribution in [0.3, 0.4) is 0 Å². The second kappa shape index (κ2) is 6.29. The molecule has 96 valence electrons. The zero-order valence-electron chi connectivity index (χ0n) is 9.09. The van der Waals surface area contributed by atoms with Gasteiger partial charge >= 0.3 is 10.1 Å². The summed E-state index contributed by atoms with van der Waals surface area (Å²) < 4.78 is 27.6. The Kier molecular flexibility index (Phi) is 5.31. The van der Waals surface area contributed by atoms with Gasteiger partial charge in [-0.2, -0.15) is 8.42 Å². The van der Waals surface area contributed by atoms with E-state index in [2.05, 4.69) is 25.8 Å². The SMILES string of the molecule is Cc1cc(OS(=O)(=O)CCBr)cnc1COO. The Labute approximate surface area is 108 Å². The molecular formula is C9H12BrNO5S. The molecule has 0 aliphatic rings. The summed E-state index contributed by atoms with van der Waals surface area (Å²) in [7, 11) is -3.59. The highest BCUT2D eigenvalue weighted by Crippen LogP contribution is 2.17. The van der Waals surface area contributed by atoms with Gasteiger partial charge in [0.25, 0.3) is 0 Å². The quantitative estimate of drug-likeness (QED) is 0.369. The van der Waals surface area contributed by atoms with Crippen LogP contribution in [0.1, 0.15) is 11.3 Å². The van der Waals surface area contributed by atoms with E-state index in [0.29, 0.717) is 16.6 Å². The second-order valence-electron chi connectivity index (χ2n) is 3.24. The number of pyridine rings is 1. The molecule has 0 aliphatic heterocycles. The summed E-state index contributed by atoms with van der Waals surface area (Å²) in [6.07, 6.45) is 1.27. The van der Waals surface area contributed by atoms with Crippen molar-refractivity contribution in [1.29, 1.82) is 0 Å². The molecule has 6 nitrogen and oxygen atoms in total. The van der Waals surface area contributed by atoms with Gasteiger partial charge in [0.15, 0.2) is 5.75 Å². The fourth-order valence-electron chi connectivity index (χ4n) is 1.12. The minimum Gasteiger partial charge on any atom is -0.381 e. The van der Waals surface area contributed by atoms with Crippen LogP contribution >= 0.6 is 15.9 Å². The normalized spacial score (nSPS) is 11.5. The summed E-state index contributed by atoms with van der Waals surface area (Å²) in [5.41, 5.74) is 1.18. The molecule has 1 heterocycles. The fraction of sp³-hybridized carbons (Fsp3) is 0.444. The molecule has 1 aromatic heterocycles. The van der Waals surface area contributed by atoms with Gasteiger partial charge in [0.1, 0.15) is 6.61 Å². The van der Waals surface area contributed by atoms with Gasteiger partial charge in [-0.25, -0.2) is 4.89 Å². The summed E-state index contributed by atoms with van der Waals surface area (Å²) in [5.74, 6) is 0.0261. The maximum atomic E-state index is 11.4. The van der Waals surface area contributed by atoms with Crippen LogP contribution in [-0.4, -0.2) is 29.7 Å². The molecule has 17 heavy (non-hydrogen) atoms. The van der Waals surface area contributed by atoms with Crippen LogP contribution < -0.4 is 4.18 Å². The Balaban J connectivity index is 2.84. The van der Waals surface area contributed by atoms with E-state index in [1.807, 2.05) is 0 Å². The predicted molar refractivity (Wildman–Crippen MR) is 64.6 cm³/mol. The molecule has 0 saturated heterocycles. The molecule has 1 rings (SSSR count). The van der Waals surface area contributed by atoms with Crippen molar-refractivity contribution >= 4 is 26.0 Å². The zero-order chi connectivity index (χ0) is 12.9. The Bertz CT molecular complexity index is 476. The first-order chi connectivity index (χ1) is 7.98. The van der Waals surface area contributed by atoms with E-state index in [-0.39, 0.29) is 18.1 Å². The molecule has 0 unspecified atom stereocenters. The van der Waals surface area contributed by atoms with E-state index in [1.54, 1.807) is 6.92 Å². The summed E-state index contributed by atoms with van der Waals surface area (Å²) in [5, 5.41) is 8.60. The smallest absolute Gasteiger partial charge is 0.310 e. The van der Waals surface area contributed by atoms with Gasteiger partial charge in [0, 0.05) is 5.33 Å². The third kappa shape index (κ3) is 4.58. The van der Waals surface area contributed by atoms with Gasteiger partial charge in [-0.15, -0.1) is 0 Å². The van der Waals surface area contributed by atoms with Crippen molar-refractivity contribution in [3.05, 3.63) is 23.5 Å².